The van der Waals surface area contributed by atoms with Crippen LogP contribution in [-0.4, -0.2) is 33.7 Å². The number of hydrogen-bond donors (Lipinski definition) is 3. The summed E-state index contributed by atoms with van der Waals surface area (Å²) in [4.78, 5) is 4.38. The number of aliphatic imine (C=N–C) groups is 1. The Morgan fingerprint density at radius 3 is 3.18 bits per heavy atom. The Balaban J connectivity index is 1.85. The molecule has 116 valence electrons. The molecule has 0 fully saturated rings. The van der Waals surface area contributed by atoms with Crippen molar-refractivity contribution in [3.05, 3.63) is 40.8 Å². The molecule has 0 bridgehead atoms. The van der Waals surface area contributed by atoms with E-state index in [4.69, 9.17) is 10.4 Å². The number of fused-ring (bicyclic) bond motifs is 1. The van der Waals surface area contributed by atoms with E-state index >= 15 is 0 Å². The number of aromatic nitrogens is 2. The quantitative estimate of drug-likeness (QED) is 0.329. The smallest absolute Gasteiger partial charge is 0.185 e. The van der Waals surface area contributed by atoms with Gasteiger partial charge in [-0.3, -0.25) is 15.7 Å². The van der Waals surface area contributed by atoms with Crippen LogP contribution in [0.25, 0.3) is 0 Å². The van der Waals surface area contributed by atoms with Crippen molar-refractivity contribution in [2.45, 2.75) is 17.5 Å². The van der Waals surface area contributed by atoms with Crippen LogP contribution in [0.2, 0.25) is 0 Å². The van der Waals surface area contributed by atoms with E-state index in [-0.39, 0.29) is 17.7 Å². The van der Waals surface area contributed by atoms with Crippen LogP contribution < -0.4 is 11.2 Å². The van der Waals surface area contributed by atoms with Crippen molar-refractivity contribution in [2.75, 3.05) is 12.3 Å². The largest absolute Gasteiger partial charge is 0.330 e. The normalized spacial score (nSPS) is 17.0. The van der Waals surface area contributed by atoms with E-state index in [0.717, 1.165) is 11.1 Å². The molecule has 1 aliphatic carbocycles. The summed E-state index contributed by atoms with van der Waals surface area (Å²) >= 11 is 1.35. The van der Waals surface area contributed by atoms with Gasteiger partial charge in [0.15, 0.2) is 16.6 Å². The maximum Gasteiger partial charge on any atom is 0.185 e. The molecular weight excluding hydrogens is 309 g/mol. The minimum atomic E-state index is -0.306. The van der Waals surface area contributed by atoms with Gasteiger partial charge in [-0.2, -0.15) is 0 Å². The van der Waals surface area contributed by atoms with Crippen LogP contribution in [0.15, 0.2) is 32.8 Å². The standard InChI is InChI=1S/C13H14FN5O2S/c14-8-2-1-7-5-10(9(7)6-8)16-12(17-20)11-13(19-21-18-11)22-4-3-15/h1-2,6,10,20H,3-5,15H2,(H,16,17)/t10-/m1/s1. The molecule has 3 rings (SSSR count). The number of amidine groups is 1. The molecule has 0 saturated heterocycles. The first-order valence-electron chi connectivity index (χ1n) is 6.65. The van der Waals surface area contributed by atoms with Crippen molar-refractivity contribution in [1.82, 2.24) is 15.8 Å². The van der Waals surface area contributed by atoms with Crippen LogP contribution in [0.4, 0.5) is 4.39 Å². The highest BCUT2D eigenvalue weighted by molar-refractivity contribution is 7.99. The number of benzene rings is 1. The summed E-state index contributed by atoms with van der Waals surface area (Å²) in [5.41, 5.74) is 9.63. The second-order valence-corrected chi connectivity index (χ2v) is 5.79. The van der Waals surface area contributed by atoms with Gasteiger partial charge in [0.2, 0.25) is 0 Å². The highest BCUT2D eigenvalue weighted by Crippen LogP contribution is 2.37. The van der Waals surface area contributed by atoms with Crippen LogP contribution in [-0.2, 0) is 6.42 Å². The van der Waals surface area contributed by atoms with Gasteiger partial charge in [0.05, 0.1) is 6.04 Å². The fourth-order valence-electron chi connectivity index (χ4n) is 2.24. The van der Waals surface area contributed by atoms with Crippen LogP contribution in [0.1, 0.15) is 22.9 Å². The Bertz CT molecular complexity index is 705. The average Bonchev–Trinajstić information content (AvgIpc) is 2.97. The zero-order chi connectivity index (χ0) is 15.5. The van der Waals surface area contributed by atoms with Gasteiger partial charge in [0, 0.05) is 12.3 Å². The lowest BCUT2D eigenvalue weighted by molar-refractivity contribution is 0.232. The second kappa shape index (κ2) is 6.42. The van der Waals surface area contributed by atoms with E-state index in [0.29, 0.717) is 29.4 Å². The van der Waals surface area contributed by atoms with Gasteiger partial charge in [-0.25, -0.2) is 9.02 Å². The van der Waals surface area contributed by atoms with Gasteiger partial charge in [0.1, 0.15) is 5.82 Å². The maximum absolute atomic E-state index is 13.3. The van der Waals surface area contributed by atoms with E-state index in [1.165, 1.54) is 23.9 Å². The zero-order valence-electron chi connectivity index (χ0n) is 11.5. The summed E-state index contributed by atoms with van der Waals surface area (Å²) in [6.07, 6.45) is 0.678. The van der Waals surface area contributed by atoms with Crippen LogP contribution in [0, 0.1) is 5.82 Å². The molecule has 4 N–H and O–H groups in total. The molecule has 1 aromatic carbocycles. The molecule has 22 heavy (non-hydrogen) atoms. The minimum Gasteiger partial charge on any atom is -0.330 e. The number of hydroxylamine groups is 1. The molecule has 1 atom stereocenters. The summed E-state index contributed by atoms with van der Waals surface area (Å²) in [6, 6.07) is 4.38. The highest BCUT2D eigenvalue weighted by Gasteiger charge is 2.28. The van der Waals surface area contributed by atoms with Gasteiger partial charge >= 0.3 is 0 Å². The van der Waals surface area contributed by atoms with Crippen molar-refractivity contribution in [1.29, 1.82) is 0 Å². The van der Waals surface area contributed by atoms with Crippen LogP contribution in [0.5, 0.6) is 0 Å². The number of rotatable bonds is 5. The third-order valence-electron chi connectivity index (χ3n) is 3.31. The molecule has 7 nitrogen and oxygen atoms in total. The van der Waals surface area contributed by atoms with Gasteiger partial charge in [0.25, 0.3) is 0 Å². The lowest BCUT2D eigenvalue weighted by Gasteiger charge is -2.27. The zero-order valence-corrected chi connectivity index (χ0v) is 12.3. The molecule has 0 aliphatic heterocycles. The molecule has 1 aromatic heterocycles. The molecule has 0 spiro atoms. The summed E-state index contributed by atoms with van der Waals surface area (Å²) in [6.45, 7) is 0.477. The fourth-order valence-corrected chi connectivity index (χ4v) is 2.91. The Hall–Kier alpha value is -1.97. The number of halogens is 1. The van der Waals surface area contributed by atoms with Gasteiger partial charge < -0.3 is 5.73 Å². The third kappa shape index (κ3) is 2.82. The molecule has 0 unspecified atom stereocenters. The predicted octanol–water partition coefficient (Wildman–Crippen LogP) is 1.28. The van der Waals surface area contributed by atoms with Gasteiger partial charge in [-0.15, -0.1) is 0 Å². The van der Waals surface area contributed by atoms with Crippen molar-refractivity contribution in [2.24, 2.45) is 10.7 Å². The third-order valence-corrected chi connectivity index (χ3v) is 4.29. The molecule has 9 heteroatoms. The van der Waals surface area contributed by atoms with E-state index < -0.39 is 0 Å². The highest BCUT2D eigenvalue weighted by atomic mass is 32.2. The van der Waals surface area contributed by atoms with E-state index in [9.17, 15) is 9.60 Å². The Morgan fingerprint density at radius 2 is 2.41 bits per heavy atom. The molecule has 0 amide bonds. The van der Waals surface area contributed by atoms with E-state index in [1.807, 2.05) is 5.48 Å². The Labute approximate surface area is 129 Å². The molecular formula is C13H14FN5O2S. The average molecular weight is 323 g/mol. The number of thioether (sulfide) groups is 1. The van der Waals surface area contributed by atoms with Crippen molar-refractivity contribution >= 4 is 17.6 Å². The number of hydrogen-bond acceptors (Lipinski definition) is 7. The van der Waals surface area contributed by atoms with E-state index in [1.54, 1.807) is 6.07 Å². The SMILES string of the molecule is NCCSc1nonc1C(=N[C@@H]1Cc2ccc(F)cc21)NO. The van der Waals surface area contributed by atoms with Crippen molar-refractivity contribution in [3.63, 3.8) is 0 Å². The van der Waals surface area contributed by atoms with Crippen molar-refractivity contribution in [3.8, 4) is 0 Å². The predicted molar refractivity (Wildman–Crippen MR) is 78.4 cm³/mol. The Morgan fingerprint density at radius 1 is 1.55 bits per heavy atom. The topological polar surface area (TPSA) is 110 Å². The summed E-state index contributed by atoms with van der Waals surface area (Å²) in [5, 5.41) is 17.3. The first-order valence-corrected chi connectivity index (χ1v) is 7.63. The lowest BCUT2D eigenvalue weighted by atomic mass is 9.83. The van der Waals surface area contributed by atoms with E-state index in [2.05, 4.69) is 15.3 Å². The summed E-state index contributed by atoms with van der Waals surface area (Å²) in [7, 11) is 0. The minimum absolute atomic E-state index is 0.140. The maximum atomic E-state index is 13.3. The number of nitrogens with zero attached hydrogens (tertiary/aromatic N) is 3. The molecule has 1 heterocycles. The lowest BCUT2D eigenvalue weighted by Crippen LogP contribution is -2.25. The first kappa shape index (κ1) is 14.9. The monoisotopic (exact) mass is 323 g/mol. The number of nitrogens with two attached hydrogens (primary N) is 1. The Kier molecular flexibility index (Phi) is 4.36. The van der Waals surface area contributed by atoms with Crippen molar-refractivity contribution < 1.29 is 14.2 Å². The summed E-state index contributed by atoms with van der Waals surface area (Å²) < 4.78 is 18.0. The van der Waals surface area contributed by atoms with Crippen LogP contribution in [0.3, 0.4) is 0 Å². The fraction of sp³-hybridized carbons (Fsp3) is 0.308. The summed E-state index contributed by atoms with van der Waals surface area (Å²) in [5.74, 6) is 0.470. The first-order chi connectivity index (χ1) is 10.7. The van der Waals surface area contributed by atoms with Gasteiger partial charge in [-0.1, -0.05) is 17.8 Å². The van der Waals surface area contributed by atoms with Crippen LogP contribution >= 0.6 is 11.8 Å². The van der Waals surface area contributed by atoms with Gasteiger partial charge in [-0.05, 0) is 40.0 Å². The molecule has 2 aromatic rings. The molecule has 0 radical (unpaired) electrons. The molecule has 0 saturated carbocycles. The second-order valence-electron chi connectivity index (χ2n) is 4.71. The molecule has 1 aliphatic rings. The number of nitrogens with one attached hydrogen (secondary N) is 1.